The van der Waals surface area contributed by atoms with E-state index in [0.29, 0.717) is 33.8 Å². The molecular formula is C31H50O4. The Kier molecular flexibility index (Phi) is 5.87. The van der Waals surface area contributed by atoms with Crippen molar-refractivity contribution < 1.29 is 20.4 Å². The van der Waals surface area contributed by atoms with Gasteiger partial charge in [-0.1, -0.05) is 46.4 Å². The van der Waals surface area contributed by atoms with E-state index in [9.17, 15) is 20.4 Å². The molecule has 0 bridgehead atoms. The largest absolute Gasteiger partial charge is 0.396 e. The van der Waals surface area contributed by atoms with Crippen molar-refractivity contribution in [1.82, 2.24) is 0 Å². The highest BCUT2D eigenvalue weighted by molar-refractivity contribution is 5.31. The minimum atomic E-state index is -1.09. The second kappa shape index (κ2) is 7.91. The lowest BCUT2D eigenvalue weighted by atomic mass is 9.41. The molecular weight excluding hydrogens is 436 g/mol. The predicted molar refractivity (Wildman–Crippen MR) is 139 cm³/mol. The van der Waals surface area contributed by atoms with Crippen LogP contribution < -0.4 is 0 Å². The fourth-order valence-corrected chi connectivity index (χ4v) is 11.2. The Morgan fingerprint density at radius 2 is 1.49 bits per heavy atom. The Morgan fingerprint density at radius 3 is 2.11 bits per heavy atom. The van der Waals surface area contributed by atoms with Crippen molar-refractivity contribution in [2.75, 3.05) is 6.61 Å². The summed E-state index contributed by atoms with van der Waals surface area (Å²) in [6, 6.07) is 0. The van der Waals surface area contributed by atoms with Crippen LogP contribution in [0.3, 0.4) is 0 Å². The first-order valence-electron chi connectivity index (χ1n) is 14.2. The molecule has 5 aliphatic carbocycles. The van der Waals surface area contributed by atoms with Gasteiger partial charge in [0.25, 0.3) is 0 Å². The van der Waals surface area contributed by atoms with E-state index in [2.05, 4.69) is 40.9 Å². The van der Waals surface area contributed by atoms with Crippen molar-refractivity contribution in [3.8, 4) is 0 Å². The predicted octanol–water partition coefficient (Wildman–Crippen LogP) is 5.25. The number of hydrogen-bond acceptors (Lipinski definition) is 4. The minimum absolute atomic E-state index is 0.000493. The lowest BCUT2D eigenvalue weighted by Crippen LogP contribution is -2.58. The molecule has 5 saturated carbocycles. The first-order chi connectivity index (χ1) is 16.2. The van der Waals surface area contributed by atoms with Crippen molar-refractivity contribution in [3.63, 3.8) is 0 Å². The average molecular weight is 487 g/mol. The summed E-state index contributed by atoms with van der Waals surface area (Å²) in [6.07, 6.45) is 8.11. The van der Waals surface area contributed by atoms with Gasteiger partial charge in [0.15, 0.2) is 0 Å². The quantitative estimate of drug-likeness (QED) is 0.387. The van der Waals surface area contributed by atoms with Gasteiger partial charge in [-0.25, -0.2) is 0 Å². The van der Waals surface area contributed by atoms with Crippen LogP contribution in [-0.2, 0) is 0 Å². The van der Waals surface area contributed by atoms with Crippen LogP contribution in [0, 0.1) is 50.7 Å². The van der Waals surface area contributed by atoms with E-state index in [-0.39, 0.29) is 40.8 Å². The minimum Gasteiger partial charge on any atom is -0.396 e. The third kappa shape index (κ3) is 3.06. The molecule has 0 aromatic heterocycles. The van der Waals surface area contributed by atoms with E-state index in [1.807, 2.05) is 0 Å². The van der Waals surface area contributed by atoms with E-state index < -0.39 is 12.2 Å². The molecule has 5 fully saturated rings. The maximum absolute atomic E-state index is 11.2. The first kappa shape index (κ1) is 25.9. The zero-order valence-electron chi connectivity index (χ0n) is 22.8. The molecule has 35 heavy (non-hydrogen) atoms. The maximum atomic E-state index is 11.2. The van der Waals surface area contributed by atoms with Crippen molar-refractivity contribution in [2.24, 2.45) is 50.7 Å². The van der Waals surface area contributed by atoms with Crippen LogP contribution in [0.25, 0.3) is 0 Å². The summed E-state index contributed by atoms with van der Waals surface area (Å²) in [5, 5.41) is 43.4. The van der Waals surface area contributed by atoms with Gasteiger partial charge in [-0.3, -0.25) is 0 Å². The van der Waals surface area contributed by atoms with Gasteiger partial charge in [0.2, 0.25) is 0 Å². The van der Waals surface area contributed by atoms with Crippen molar-refractivity contribution in [1.29, 1.82) is 0 Å². The second-order valence-corrected chi connectivity index (χ2v) is 14.6. The van der Waals surface area contributed by atoms with Crippen molar-refractivity contribution in [3.05, 3.63) is 24.3 Å². The summed E-state index contributed by atoms with van der Waals surface area (Å²) >= 11 is 0. The summed E-state index contributed by atoms with van der Waals surface area (Å²) in [6.45, 7) is 19.1. The zero-order valence-corrected chi connectivity index (χ0v) is 22.8. The molecule has 5 aliphatic rings. The highest BCUT2D eigenvalue weighted by Gasteiger charge is 2.82. The molecule has 0 aromatic rings. The van der Waals surface area contributed by atoms with Gasteiger partial charge >= 0.3 is 0 Å². The first-order valence-corrected chi connectivity index (χ1v) is 14.2. The van der Waals surface area contributed by atoms with E-state index >= 15 is 0 Å². The SMILES string of the molecule is C=C(C)C(=C)[C@H](O)[C@@H](O)[C@@H](CO)[C@H]1CC[C@@]2(C)[C@@H]3CC[C@H]4C(C)(C)[C@@H](O)CC[C@@]45C[C@@]35CC[C@]12C. The summed E-state index contributed by atoms with van der Waals surface area (Å²) in [4.78, 5) is 0. The molecule has 5 rings (SSSR count). The number of aliphatic hydroxyl groups is 4. The van der Waals surface area contributed by atoms with E-state index in [4.69, 9.17) is 0 Å². The van der Waals surface area contributed by atoms with Crippen LogP contribution in [0.15, 0.2) is 24.3 Å². The lowest BCUT2D eigenvalue weighted by Gasteiger charge is -2.63. The Bertz CT molecular complexity index is 910. The molecule has 4 nitrogen and oxygen atoms in total. The Hall–Kier alpha value is -0.680. The topological polar surface area (TPSA) is 80.9 Å². The molecule has 0 saturated heterocycles. The van der Waals surface area contributed by atoms with Gasteiger partial charge in [-0.2, -0.15) is 0 Å². The standard InChI is InChI=1S/C31H50O4/c1-18(2)19(3)25(34)26(35)20(16-32)21-10-12-29(7)23-9-8-22-27(4,5)24(33)11-13-30(22)17-31(23,30)15-14-28(21,29)6/h20-26,32-35H,1,3,8-17H2,2,4-7H3/t20-,21+,22-,23-,24-,25-,26-,28+,29-,30+,31-/m0/s1. The molecule has 0 heterocycles. The fraction of sp³-hybridized carbons (Fsp3) is 0.871. The van der Waals surface area contributed by atoms with E-state index in [1.54, 1.807) is 6.92 Å². The van der Waals surface area contributed by atoms with Gasteiger partial charge in [-0.15, -0.1) is 0 Å². The molecule has 0 aliphatic heterocycles. The average Bonchev–Trinajstić information content (AvgIpc) is 3.40. The van der Waals surface area contributed by atoms with Gasteiger partial charge in [0.05, 0.1) is 12.2 Å². The molecule has 0 radical (unpaired) electrons. The molecule has 0 amide bonds. The molecule has 198 valence electrons. The molecule has 4 N–H and O–H groups in total. The number of hydrogen-bond donors (Lipinski definition) is 4. The van der Waals surface area contributed by atoms with Crippen molar-refractivity contribution in [2.45, 2.75) is 111 Å². The van der Waals surface area contributed by atoms with Gasteiger partial charge in [-0.05, 0) is 115 Å². The van der Waals surface area contributed by atoms with Gasteiger partial charge in [0, 0.05) is 12.5 Å². The van der Waals surface area contributed by atoms with Crippen LogP contribution in [-0.4, -0.2) is 45.3 Å². The number of aliphatic hydroxyl groups excluding tert-OH is 4. The van der Waals surface area contributed by atoms with Gasteiger partial charge < -0.3 is 20.4 Å². The molecule has 0 unspecified atom stereocenters. The Balaban J connectivity index is 1.44. The molecule has 11 atom stereocenters. The van der Waals surface area contributed by atoms with Crippen molar-refractivity contribution >= 4 is 0 Å². The van der Waals surface area contributed by atoms with Gasteiger partial charge in [0.1, 0.15) is 6.10 Å². The Labute approximate surface area is 212 Å². The number of rotatable bonds is 6. The van der Waals surface area contributed by atoms with Crippen LogP contribution in [0.2, 0.25) is 0 Å². The molecule has 2 spiro atoms. The summed E-state index contributed by atoms with van der Waals surface area (Å²) in [5.41, 5.74) is 2.16. The van der Waals surface area contributed by atoms with E-state index in [1.165, 1.54) is 32.1 Å². The zero-order chi connectivity index (χ0) is 25.8. The summed E-state index contributed by atoms with van der Waals surface area (Å²) < 4.78 is 0. The Morgan fingerprint density at radius 1 is 0.857 bits per heavy atom. The second-order valence-electron chi connectivity index (χ2n) is 14.6. The monoisotopic (exact) mass is 486 g/mol. The highest BCUT2D eigenvalue weighted by atomic mass is 16.3. The maximum Gasteiger partial charge on any atom is 0.105 e. The van der Waals surface area contributed by atoms with Crippen LogP contribution in [0.5, 0.6) is 0 Å². The summed E-state index contributed by atoms with van der Waals surface area (Å²) in [7, 11) is 0. The van der Waals surface area contributed by atoms with Crippen LogP contribution in [0.1, 0.15) is 92.4 Å². The summed E-state index contributed by atoms with van der Waals surface area (Å²) in [5.74, 6) is 1.10. The van der Waals surface area contributed by atoms with Crippen LogP contribution in [0.4, 0.5) is 0 Å². The normalized spacial score (nSPS) is 50.1. The smallest absolute Gasteiger partial charge is 0.105 e. The van der Waals surface area contributed by atoms with E-state index in [0.717, 1.165) is 25.7 Å². The molecule has 0 aromatic carbocycles. The third-order valence-corrected chi connectivity index (χ3v) is 13.5. The molecule has 4 heteroatoms. The third-order valence-electron chi connectivity index (χ3n) is 13.5. The fourth-order valence-electron chi connectivity index (χ4n) is 11.2. The highest BCUT2D eigenvalue weighted by Crippen LogP contribution is 2.89. The lowest BCUT2D eigenvalue weighted by molar-refractivity contribution is -0.168. The van der Waals surface area contributed by atoms with Crippen LogP contribution >= 0.6 is 0 Å². The number of fused-ring (bicyclic) bond motifs is 2.